The predicted molar refractivity (Wildman–Crippen MR) is 169 cm³/mol. The number of amides is 2. The average Bonchev–Trinajstić information content (AvgIpc) is 3.61. The molecule has 5 rings (SSSR count). The first-order valence-electron chi connectivity index (χ1n) is 15.1. The van der Waals surface area contributed by atoms with Gasteiger partial charge in [0.05, 0.1) is 23.7 Å². The molecule has 12 heteroatoms. The Labute approximate surface area is 266 Å². The van der Waals surface area contributed by atoms with Crippen LogP contribution in [0, 0.1) is 28.9 Å². The molecular weight excluding hydrogens is 596 g/mol. The zero-order chi connectivity index (χ0) is 33.2. The molecule has 1 aromatic heterocycles. The van der Waals surface area contributed by atoms with Crippen LogP contribution in [0.1, 0.15) is 27.7 Å². The lowest BCUT2D eigenvalue weighted by atomic mass is 9.98. The topological polar surface area (TPSA) is 120 Å². The van der Waals surface area contributed by atoms with E-state index in [1.165, 1.54) is 54.7 Å². The van der Waals surface area contributed by atoms with Gasteiger partial charge in [0.2, 0.25) is 17.7 Å². The lowest BCUT2D eigenvalue weighted by Gasteiger charge is -2.27. The number of hydrogen-bond donors (Lipinski definition) is 1. The van der Waals surface area contributed by atoms with Crippen molar-refractivity contribution in [1.82, 2.24) is 14.9 Å². The number of hydrogen-bond acceptors (Lipinski definition) is 8. The summed E-state index contributed by atoms with van der Waals surface area (Å²) in [6, 6.07) is 12.4. The van der Waals surface area contributed by atoms with Gasteiger partial charge >= 0.3 is 0 Å². The van der Waals surface area contributed by atoms with Crippen LogP contribution in [0.2, 0.25) is 0 Å². The Morgan fingerprint density at radius 1 is 0.913 bits per heavy atom. The van der Waals surface area contributed by atoms with Crippen LogP contribution in [-0.2, 0) is 9.59 Å². The van der Waals surface area contributed by atoms with E-state index in [2.05, 4.69) is 28.7 Å². The van der Waals surface area contributed by atoms with Crippen LogP contribution in [0.15, 0.2) is 60.9 Å². The molecule has 1 saturated carbocycles. The van der Waals surface area contributed by atoms with Gasteiger partial charge in [-0.25, -0.2) is 18.7 Å². The van der Waals surface area contributed by atoms with Crippen molar-refractivity contribution in [2.75, 3.05) is 38.3 Å². The average molecular weight is 634 g/mol. The fourth-order valence-electron chi connectivity index (χ4n) is 5.91. The van der Waals surface area contributed by atoms with Crippen LogP contribution in [0.25, 0.3) is 10.9 Å². The van der Waals surface area contributed by atoms with E-state index in [-0.39, 0.29) is 34.8 Å². The largest absolute Gasteiger partial charge is 0.493 e. The summed E-state index contributed by atoms with van der Waals surface area (Å²) in [6.07, 6.45) is 1.30. The van der Waals surface area contributed by atoms with Gasteiger partial charge in [-0.1, -0.05) is 27.7 Å². The minimum atomic E-state index is -1.48. The minimum absolute atomic E-state index is 0.0735. The number of methoxy groups -OCH3 is 1. The van der Waals surface area contributed by atoms with Gasteiger partial charge in [0.25, 0.3) is 0 Å². The van der Waals surface area contributed by atoms with Crippen molar-refractivity contribution in [2.24, 2.45) is 23.0 Å². The number of ether oxygens (including phenoxy) is 3. The van der Waals surface area contributed by atoms with Gasteiger partial charge in [0.15, 0.2) is 23.1 Å². The van der Waals surface area contributed by atoms with E-state index in [1.54, 1.807) is 26.0 Å². The molecule has 0 unspecified atom stereocenters. The molecule has 2 atom stereocenters. The highest BCUT2D eigenvalue weighted by Gasteiger charge is 2.70. The van der Waals surface area contributed by atoms with Gasteiger partial charge in [0.1, 0.15) is 24.2 Å². The van der Waals surface area contributed by atoms with Gasteiger partial charge in [-0.3, -0.25) is 14.5 Å². The zero-order valence-electron chi connectivity index (χ0n) is 26.4. The number of primary amides is 1. The summed E-state index contributed by atoms with van der Waals surface area (Å²) >= 11 is 0. The number of anilines is 2. The summed E-state index contributed by atoms with van der Waals surface area (Å²) in [5.74, 6) is -2.54. The fourth-order valence-corrected chi connectivity index (χ4v) is 5.91. The second kappa shape index (κ2) is 13.3. The second-order valence-corrected chi connectivity index (χ2v) is 11.2. The smallest absolute Gasteiger partial charge is 0.247 e. The fraction of sp³-hybridized carbons (Fsp3) is 0.353. The lowest BCUT2D eigenvalue weighted by Crippen LogP contribution is -2.43. The van der Waals surface area contributed by atoms with Gasteiger partial charge in [-0.15, -0.1) is 0 Å². The van der Waals surface area contributed by atoms with Gasteiger partial charge in [0, 0.05) is 24.4 Å². The summed E-state index contributed by atoms with van der Waals surface area (Å²) < 4.78 is 47.0. The highest BCUT2D eigenvalue weighted by molar-refractivity contribution is 6.17. The molecule has 2 N–H and O–H groups in total. The Kier molecular flexibility index (Phi) is 9.38. The van der Waals surface area contributed by atoms with Crippen LogP contribution in [-0.4, -0.2) is 60.0 Å². The number of fused-ring (bicyclic) bond motifs is 1. The van der Waals surface area contributed by atoms with Crippen molar-refractivity contribution >= 4 is 34.1 Å². The van der Waals surface area contributed by atoms with Crippen LogP contribution >= 0.6 is 0 Å². The molecule has 10 nitrogen and oxygen atoms in total. The van der Waals surface area contributed by atoms with Gasteiger partial charge in [-0.05, 0) is 67.4 Å². The van der Waals surface area contributed by atoms with E-state index in [0.29, 0.717) is 29.0 Å². The Morgan fingerprint density at radius 3 is 2.17 bits per heavy atom. The van der Waals surface area contributed by atoms with Crippen LogP contribution in [0.3, 0.4) is 0 Å². The number of likely N-dealkylation sites (N-methyl/N-ethyl adjacent to an activating group) is 1. The number of nitrogens with two attached hydrogens (primary N) is 1. The van der Waals surface area contributed by atoms with E-state index >= 15 is 4.39 Å². The van der Waals surface area contributed by atoms with Crippen molar-refractivity contribution in [1.29, 1.82) is 0 Å². The summed E-state index contributed by atoms with van der Waals surface area (Å²) in [6.45, 7) is 10.7. The maximum Gasteiger partial charge on any atom is 0.247 e. The molecular formula is C34H37F2N5O5. The number of nitrogens with zero attached hydrogens (tertiary/aromatic N) is 4. The SMILES string of the molecule is CCN(CC)CCOc1cc2ncnc(Oc3ccc(N(C(=O)C4(C(N)=O)[C@H](C)[C@H]4C)c4ccc(F)cc4)cc3F)c2cc1OC. The third-order valence-corrected chi connectivity index (χ3v) is 8.95. The molecule has 0 radical (unpaired) electrons. The number of aromatic nitrogens is 2. The molecule has 46 heavy (non-hydrogen) atoms. The second-order valence-electron chi connectivity index (χ2n) is 11.2. The molecule has 2 amide bonds. The number of halogens is 2. The Balaban J connectivity index is 1.46. The normalized spacial score (nSPS) is 18.8. The Hall–Kier alpha value is -4.84. The molecule has 1 aliphatic carbocycles. The molecule has 0 bridgehead atoms. The van der Waals surface area contributed by atoms with E-state index < -0.39 is 28.9 Å². The molecule has 1 fully saturated rings. The van der Waals surface area contributed by atoms with Crippen LogP contribution in [0.5, 0.6) is 23.1 Å². The van der Waals surface area contributed by atoms with Crippen LogP contribution < -0.4 is 24.8 Å². The monoisotopic (exact) mass is 633 g/mol. The highest BCUT2D eigenvalue weighted by atomic mass is 19.1. The molecule has 0 saturated heterocycles. The Bertz CT molecular complexity index is 1740. The number of rotatable bonds is 13. The molecule has 242 valence electrons. The van der Waals surface area contributed by atoms with Gasteiger partial charge in [-0.2, -0.15) is 0 Å². The van der Waals surface area contributed by atoms with Crippen LogP contribution in [0.4, 0.5) is 20.2 Å². The van der Waals surface area contributed by atoms with Crippen molar-refractivity contribution in [3.05, 3.63) is 72.6 Å². The summed E-state index contributed by atoms with van der Waals surface area (Å²) in [4.78, 5) is 38.5. The molecule has 4 aromatic rings. The zero-order valence-corrected chi connectivity index (χ0v) is 26.4. The molecule has 1 aliphatic rings. The first-order chi connectivity index (χ1) is 22.1. The first kappa shape index (κ1) is 32.6. The molecule has 1 heterocycles. The van der Waals surface area contributed by atoms with E-state index in [9.17, 15) is 14.0 Å². The lowest BCUT2D eigenvalue weighted by molar-refractivity contribution is -0.134. The number of carbonyl (C=O) groups is 2. The third kappa shape index (κ3) is 5.92. The van der Waals surface area contributed by atoms with E-state index in [4.69, 9.17) is 19.9 Å². The molecule has 0 aliphatic heterocycles. The number of benzene rings is 3. The van der Waals surface area contributed by atoms with E-state index in [1.807, 2.05) is 0 Å². The summed E-state index contributed by atoms with van der Waals surface area (Å²) in [7, 11) is 1.51. The maximum atomic E-state index is 15.7. The minimum Gasteiger partial charge on any atom is -0.493 e. The number of carbonyl (C=O) groups excluding carboxylic acids is 2. The summed E-state index contributed by atoms with van der Waals surface area (Å²) in [5.41, 5.74) is 5.09. The summed E-state index contributed by atoms with van der Waals surface area (Å²) in [5, 5.41) is 0.460. The van der Waals surface area contributed by atoms with Crippen molar-refractivity contribution in [3.63, 3.8) is 0 Å². The van der Waals surface area contributed by atoms with Crippen molar-refractivity contribution in [2.45, 2.75) is 27.7 Å². The first-order valence-corrected chi connectivity index (χ1v) is 15.1. The van der Waals surface area contributed by atoms with E-state index in [0.717, 1.165) is 25.7 Å². The third-order valence-electron chi connectivity index (χ3n) is 8.95. The quantitative estimate of drug-likeness (QED) is 0.182. The van der Waals surface area contributed by atoms with Crippen molar-refractivity contribution in [3.8, 4) is 23.1 Å². The van der Waals surface area contributed by atoms with Gasteiger partial charge < -0.3 is 24.8 Å². The highest BCUT2D eigenvalue weighted by Crippen LogP contribution is 2.60. The predicted octanol–water partition coefficient (Wildman–Crippen LogP) is 5.85. The molecule has 0 spiro atoms. The standard InChI is InChI=1S/C34H37F2N5O5/c1-6-40(7-2)14-15-45-30-18-27-25(17-29(30)44-5)31(39-19-38-27)46-28-13-12-24(16-26(28)36)41(23-10-8-22(35)9-11-23)33(43)34(32(37)42)20(3)21(34)4/h8-13,16-21H,6-7,14-15H2,1-5H3,(H2,37,42)/t20-,21-/m1/s1. The maximum absolute atomic E-state index is 15.7. The molecule has 3 aromatic carbocycles. The Morgan fingerprint density at radius 2 is 1.59 bits per heavy atom. The van der Waals surface area contributed by atoms with Crippen molar-refractivity contribution < 1.29 is 32.6 Å².